The number of ether oxygens (including phenoxy) is 1. The molecule has 0 radical (unpaired) electrons. The van der Waals surface area contributed by atoms with Crippen molar-refractivity contribution in [3.05, 3.63) is 12.3 Å². The summed E-state index contributed by atoms with van der Waals surface area (Å²) in [5.74, 6) is -1.13. The third-order valence-electron chi connectivity index (χ3n) is 0.635. The van der Waals surface area contributed by atoms with E-state index in [1.54, 1.807) is 0 Å². The Kier molecular flexibility index (Phi) is 9.23. The van der Waals surface area contributed by atoms with Crippen LogP contribution in [0.2, 0.25) is 0 Å². The summed E-state index contributed by atoms with van der Waals surface area (Å²) in [5, 5.41) is 0. The number of hydrogen-bond donors (Lipinski definition) is 0. The molecule has 0 bridgehead atoms. The predicted octanol–water partition coefficient (Wildman–Crippen LogP) is 3.37. The Morgan fingerprint density at radius 2 is 1.73 bits per heavy atom. The van der Waals surface area contributed by atoms with Crippen LogP contribution < -0.4 is 0 Å². The number of hydrogen-bond acceptors (Lipinski definition) is 1. The van der Waals surface area contributed by atoms with E-state index in [1.165, 1.54) is 6.92 Å². The van der Waals surface area contributed by atoms with Gasteiger partial charge in [0.1, 0.15) is 0 Å². The van der Waals surface area contributed by atoms with E-state index in [9.17, 15) is 13.2 Å². The zero-order valence-electron chi connectivity index (χ0n) is 4.96. The smallest absolute Gasteiger partial charge is 0.448 e. The summed E-state index contributed by atoms with van der Waals surface area (Å²) in [6.45, 7) is 4.14. The maximum absolute atomic E-state index is 11.4. The second-order valence-corrected chi connectivity index (χ2v) is 1.35. The average Bonchev–Trinajstić information content (AvgIpc) is 1.64. The van der Waals surface area contributed by atoms with Gasteiger partial charge in [0.15, 0.2) is 5.76 Å². The first kappa shape index (κ1) is 16.7. The summed E-state index contributed by atoms with van der Waals surface area (Å²) in [4.78, 5) is 0. The highest BCUT2D eigenvalue weighted by Gasteiger charge is 2.33. The summed E-state index contributed by atoms with van der Waals surface area (Å²) in [6, 6.07) is 0. The van der Waals surface area contributed by atoms with Crippen molar-refractivity contribution in [2.24, 2.45) is 0 Å². The van der Waals surface area contributed by atoms with Crippen molar-refractivity contribution in [1.82, 2.24) is 0 Å². The van der Waals surface area contributed by atoms with E-state index in [0.29, 0.717) is 0 Å². The van der Waals surface area contributed by atoms with Crippen LogP contribution in [0.4, 0.5) is 13.2 Å². The highest BCUT2D eigenvalue weighted by molar-refractivity contribution is 4.91. The van der Waals surface area contributed by atoms with Crippen LogP contribution in [0.1, 0.15) is 21.8 Å². The van der Waals surface area contributed by atoms with Gasteiger partial charge in [0.25, 0.3) is 0 Å². The lowest BCUT2D eigenvalue weighted by Crippen LogP contribution is -2.13. The van der Waals surface area contributed by atoms with Crippen molar-refractivity contribution in [2.75, 3.05) is 6.61 Å². The van der Waals surface area contributed by atoms with Crippen LogP contribution in [-0.2, 0) is 4.74 Å². The number of rotatable bonds is 2. The topological polar surface area (TPSA) is 9.23 Å². The summed E-state index contributed by atoms with van der Waals surface area (Å²) in [5.41, 5.74) is 0. The second kappa shape index (κ2) is 6.07. The van der Waals surface area contributed by atoms with Gasteiger partial charge >= 0.3 is 6.18 Å². The van der Waals surface area contributed by atoms with Crippen molar-refractivity contribution in [1.29, 1.82) is 0 Å². The lowest BCUT2D eigenvalue weighted by Gasteiger charge is -2.08. The Labute approximate surface area is 65.9 Å². The molecule has 0 spiro atoms. The summed E-state index contributed by atoms with van der Waals surface area (Å²) in [6.07, 6.45) is -4.41. The summed E-state index contributed by atoms with van der Waals surface area (Å²) >= 11 is 0. The molecule has 0 aromatic carbocycles. The molecule has 0 fully saturated rings. The van der Waals surface area contributed by atoms with Crippen LogP contribution in [0, 0.1) is 0 Å². The molecule has 11 heavy (non-hydrogen) atoms. The van der Waals surface area contributed by atoms with Gasteiger partial charge in [-0.3, -0.25) is 0 Å². The number of allylic oxidation sites excluding steroid dienone is 1. The second-order valence-electron chi connectivity index (χ2n) is 1.35. The zero-order valence-corrected chi connectivity index (χ0v) is 4.96. The highest BCUT2D eigenvalue weighted by Crippen LogP contribution is 2.24. The molecular weight excluding hydrogens is 157 g/mol. The van der Waals surface area contributed by atoms with E-state index < -0.39 is 11.9 Å². The zero-order chi connectivity index (χ0) is 7.49. The molecule has 0 rings (SSSR count). The molecule has 0 aliphatic rings. The van der Waals surface area contributed by atoms with Gasteiger partial charge in [-0.2, -0.15) is 13.2 Å². The van der Waals surface area contributed by atoms with Gasteiger partial charge in [-0.1, -0.05) is 21.4 Å². The molecule has 0 aromatic heterocycles. The van der Waals surface area contributed by atoms with Gasteiger partial charge < -0.3 is 4.74 Å². The normalized spacial score (nSPS) is 9.09. The van der Waals surface area contributed by atoms with E-state index in [2.05, 4.69) is 11.3 Å². The number of halogens is 3. The van der Waals surface area contributed by atoms with Crippen LogP contribution in [0.25, 0.3) is 0 Å². The monoisotopic (exact) mass is 172 g/mol. The minimum Gasteiger partial charge on any atom is -0.490 e. The third kappa shape index (κ3) is 7.22. The van der Waals surface area contributed by atoms with E-state index in [1.807, 2.05) is 0 Å². The largest absolute Gasteiger partial charge is 0.490 e. The van der Waals surface area contributed by atoms with Crippen LogP contribution >= 0.6 is 0 Å². The quantitative estimate of drug-likeness (QED) is 0.580. The predicted molar refractivity (Wildman–Crippen MR) is 40.3 cm³/mol. The van der Waals surface area contributed by atoms with Gasteiger partial charge in [-0.25, -0.2) is 0 Å². The lowest BCUT2D eigenvalue weighted by molar-refractivity contribution is -0.129. The molecule has 1 nitrogen and oxygen atoms in total. The molecule has 0 N–H and O–H groups in total. The molecule has 0 saturated heterocycles. The molecule has 70 valence electrons. The van der Waals surface area contributed by atoms with Crippen molar-refractivity contribution >= 4 is 0 Å². The fourth-order valence-corrected chi connectivity index (χ4v) is 0.256. The Balaban J connectivity index is -0.000000320. The van der Waals surface area contributed by atoms with E-state index in [4.69, 9.17) is 0 Å². The van der Waals surface area contributed by atoms with Crippen molar-refractivity contribution < 1.29 is 17.9 Å². The molecule has 0 aliphatic carbocycles. The first-order valence-corrected chi connectivity index (χ1v) is 2.37. The van der Waals surface area contributed by atoms with E-state index in [-0.39, 0.29) is 21.5 Å². The summed E-state index contributed by atoms with van der Waals surface area (Å²) < 4.78 is 38.3. The Morgan fingerprint density at radius 1 is 1.36 bits per heavy atom. The average molecular weight is 172 g/mol. The molecule has 0 amide bonds. The minimum absolute atomic E-state index is 0. The van der Waals surface area contributed by atoms with Gasteiger partial charge in [0, 0.05) is 0 Å². The first-order valence-electron chi connectivity index (χ1n) is 2.37. The van der Waals surface area contributed by atoms with Gasteiger partial charge in [-0.15, -0.1) is 0 Å². The summed E-state index contributed by atoms with van der Waals surface area (Å²) in [7, 11) is 0. The third-order valence-corrected chi connectivity index (χ3v) is 0.635. The van der Waals surface area contributed by atoms with Crippen molar-refractivity contribution in [3.63, 3.8) is 0 Å². The van der Waals surface area contributed by atoms with Crippen LogP contribution in [0.15, 0.2) is 12.3 Å². The SMILES string of the molecule is C.C.C=C(OCC)C(F)(F)F. The lowest BCUT2D eigenvalue weighted by atomic mass is 10.5. The Morgan fingerprint density at radius 3 is 1.82 bits per heavy atom. The fraction of sp³-hybridized carbons (Fsp3) is 0.714. The van der Waals surface area contributed by atoms with Crippen LogP contribution in [-0.4, -0.2) is 12.8 Å². The molecule has 0 aliphatic heterocycles. The van der Waals surface area contributed by atoms with Gasteiger partial charge in [0.2, 0.25) is 0 Å². The highest BCUT2D eigenvalue weighted by atomic mass is 19.4. The molecule has 0 heterocycles. The molecule has 0 atom stereocenters. The molecular formula is C7H15F3O. The fourth-order valence-electron chi connectivity index (χ4n) is 0.256. The van der Waals surface area contributed by atoms with E-state index >= 15 is 0 Å². The van der Waals surface area contributed by atoms with Crippen molar-refractivity contribution in [3.8, 4) is 0 Å². The van der Waals surface area contributed by atoms with Gasteiger partial charge in [0.05, 0.1) is 6.61 Å². The van der Waals surface area contributed by atoms with Gasteiger partial charge in [-0.05, 0) is 6.92 Å². The standard InChI is InChI=1S/C5H7F3O.2CH4/c1-3-9-4(2)5(6,7)8;;/h2-3H2,1H3;2*1H4. The van der Waals surface area contributed by atoms with Crippen LogP contribution in [0.3, 0.4) is 0 Å². The molecule has 4 heteroatoms. The van der Waals surface area contributed by atoms with Crippen molar-refractivity contribution in [2.45, 2.75) is 28.0 Å². The Bertz CT molecular complexity index is 107. The Hall–Kier alpha value is -0.670. The minimum atomic E-state index is -4.41. The first-order chi connectivity index (χ1) is 3.98. The molecule has 0 saturated carbocycles. The molecule has 0 unspecified atom stereocenters. The van der Waals surface area contributed by atoms with Crippen LogP contribution in [0.5, 0.6) is 0 Å². The maximum Gasteiger partial charge on any atom is 0.448 e. The maximum atomic E-state index is 11.4. The molecule has 0 aromatic rings. The van der Waals surface area contributed by atoms with E-state index in [0.717, 1.165) is 0 Å². The number of alkyl halides is 3.